The van der Waals surface area contributed by atoms with Crippen LogP contribution in [-0.2, 0) is 13.0 Å². The second kappa shape index (κ2) is 8.35. The van der Waals surface area contributed by atoms with E-state index in [2.05, 4.69) is 45.4 Å². The highest BCUT2D eigenvalue weighted by Gasteiger charge is 2.21. The number of hydrogen-bond donors (Lipinski definition) is 0. The van der Waals surface area contributed by atoms with Crippen LogP contribution in [0.1, 0.15) is 24.2 Å². The predicted octanol–water partition coefficient (Wildman–Crippen LogP) is 4.20. The van der Waals surface area contributed by atoms with Crippen molar-refractivity contribution in [3.8, 4) is 17.2 Å². The molecule has 2 aromatic carbocycles. The van der Waals surface area contributed by atoms with Crippen LogP contribution in [0.5, 0.6) is 5.75 Å². The summed E-state index contributed by atoms with van der Waals surface area (Å²) in [6, 6.07) is 18.5. The molecule has 0 spiro atoms. The van der Waals surface area contributed by atoms with Gasteiger partial charge in [0, 0.05) is 5.56 Å². The minimum atomic E-state index is 0.562. The van der Waals surface area contributed by atoms with E-state index in [4.69, 9.17) is 9.26 Å². The third-order valence-electron chi connectivity index (χ3n) is 5.24. The van der Waals surface area contributed by atoms with E-state index >= 15 is 0 Å². The monoisotopic (exact) mass is 363 g/mol. The second-order valence-corrected chi connectivity index (χ2v) is 7.15. The summed E-state index contributed by atoms with van der Waals surface area (Å²) in [5, 5.41) is 4.16. The molecule has 0 bridgehead atoms. The van der Waals surface area contributed by atoms with E-state index in [0.717, 1.165) is 42.7 Å². The molecule has 5 heteroatoms. The number of nitrogens with zero attached hydrogens (tertiary/aromatic N) is 3. The van der Waals surface area contributed by atoms with Crippen molar-refractivity contribution in [3.63, 3.8) is 0 Å². The van der Waals surface area contributed by atoms with Crippen molar-refractivity contribution in [1.82, 2.24) is 15.0 Å². The number of likely N-dealkylation sites (tertiary alicyclic amines) is 1. The van der Waals surface area contributed by atoms with E-state index < -0.39 is 0 Å². The fourth-order valence-electron chi connectivity index (χ4n) is 3.67. The van der Waals surface area contributed by atoms with E-state index in [1.54, 1.807) is 7.11 Å². The molecular weight excluding hydrogens is 338 g/mol. The van der Waals surface area contributed by atoms with Crippen LogP contribution in [0.25, 0.3) is 11.5 Å². The normalized spacial score (nSPS) is 15.7. The van der Waals surface area contributed by atoms with Crippen LogP contribution in [0.15, 0.2) is 59.1 Å². The van der Waals surface area contributed by atoms with Gasteiger partial charge in [0.05, 0.1) is 13.7 Å². The smallest absolute Gasteiger partial charge is 0.257 e. The summed E-state index contributed by atoms with van der Waals surface area (Å²) in [7, 11) is 1.66. The van der Waals surface area contributed by atoms with Gasteiger partial charge in [0.2, 0.25) is 0 Å². The highest BCUT2D eigenvalue weighted by Crippen LogP contribution is 2.24. The SMILES string of the molecule is COc1ccc(-c2nc(CN3CCC(Cc4ccccc4)CC3)no2)cc1. The van der Waals surface area contributed by atoms with Gasteiger partial charge in [0.1, 0.15) is 5.75 Å². The van der Waals surface area contributed by atoms with Gasteiger partial charge in [0.15, 0.2) is 5.82 Å². The van der Waals surface area contributed by atoms with Crippen LogP contribution in [0, 0.1) is 5.92 Å². The number of ether oxygens (including phenoxy) is 1. The van der Waals surface area contributed by atoms with Gasteiger partial charge < -0.3 is 9.26 Å². The Hall–Kier alpha value is -2.66. The Kier molecular flexibility index (Phi) is 5.49. The zero-order valence-corrected chi connectivity index (χ0v) is 15.7. The highest BCUT2D eigenvalue weighted by molar-refractivity contribution is 5.54. The first-order valence-corrected chi connectivity index (χ1v) is 9.53. The van der Waals surface area contributed by atoms with Gasteiger partial charge in [0.25, 0.3) is 5.89 Å². The molecule has 1 saturated heterocycles. The van der Waals surface area contributed by atoms with Crippen molar-refractivity contribution < 1.29 is 9.26 Å². The zero-order valence-electron chi connectivity index (χ0n) is 15.7. The van der Waals surface area contributed by atoms with E-state index in [1.165, 1.54) is 24.8 Å². The summed E-state index contributed by atoms with van der Waals surface area (Å²) < 4.78 is 10.6. The maximum atomic E-state index is 5.44. The van der Waals surface area contributed by atoms with E-state index in [9.17, 15) is 0 Å². The molecule has 0 unspecified atom stereocenters. The third kappa shape index (κ3) is 4.55. The average molecular weight is 363 g/mol. The molecule has 0 N–H and O–H groups in total. The lowest BCUT2D eigenvalue weighted by atomic mass is 9.90. The second-order valence-electron chi connectivity index (χ2n) is 7.15. The molecule has 140 valence electrons. The van der Waals surface area contributed by atoms with Crippen molar-refractivity contribution in [3.05, 3.63) is 66.0 Å². The van der Waals surface area contributed by atoms with Crippen molar-refractivity contribution in [2.24, 2.45) is 5.92 Å². The molecule has 0 atom stereocenters. The highest BCUT2D eigenvalue weighted by atomic mass is 16.5. The minimum absolute atomic E-state index is 0.562. The maximum Gasteiger partial charge on any atom is 0.257 e. The molecule has 2 heterocycles. The van der Waals surface area contributed by atoms with Gasteiger partial charge >= 0.3 is 0 Å². The topological polar surface area (TPSA) is 51.4 Å². The summed E-state index contributed by atoms with van der Waals surface area (Å²) in [6.45, 7) is 2.92. The van der Waals surface area contributed by atoms with Crippen molar-refractivity contribution >= 4 is 0 Å². The first kappa shape index (κ1) is 17.7. The largest absolute Gasteiger partial charge is 0.497 e. The van der Waals surface area contributed by atoms with E-state index in [0.29, 0.717) is 5.89 Å². The fraction of sp³-hybridized carbons (Fsp3) is 0.364. The molecule has 0 radical (unpaired) electrons. The fourth-order valence-corrected chi connectivity index (χ4v) is 3.67. The Bertz CT molecular complexity index is 838. The number of rotatable bonds is 6. The lowest BCUT2D eigenvalue weighted by Gasteiger charge is -2.31. The van der Waals surface area contributed by atoms with Crippen LogP contribution in [0.2, 0.25) is 0 Å². The molecular formula is C22H25N3O2. The number of piperidine rings is 1. The van der Waals surface area contributed by atoms with Crippen LogP contribution in [-0.4, -0.2) is 35.2 Å². The molecule has 3 aromatic rings. The Morgan fingerprint density at radius 2 is 1.78 bits per heavy atom. The molecule has 4 rings (SSSR count). The Balaban J connectivity index is 1.30. The van der Waals surface area contributed by atoms with E-state index in [-0.39, 0.29) is 0 Å². The van der Waals surface area contributed by atoms with Gasteiger partial charge in [-0.15, -0.1) is 0 Å². The molecule has 1 aliphatic heterocycles. The summed E-state index contributed by atoms with van der Waals surface area (Å²) >= 11 is 0. The first-order chi connectivity index (χ1) is 13.3. The standard InChI is InChI=1S/C22H25N3O2/c1-26-20-9-7-19(8-10-20)22-23-21(24-27-22)16-25-13-11-18(12-14-25)15-17-5-3-2-4-6-17/h2-10,18H,11-16H2,1H3. The summed E-state index contributed by atoms with van der Waals surface area (Å²) in [4.78, 5) is 6.98. The zero-order chi connectivity index (χ0) is 18.5. The third-order valence-corrected chi connectivity index (χ3v) is 5.24. The molecule has 0 aliphatic carbocycles. The van der Waals surface area contributed by atoms with Gasteiger partial charge in [-0.3, -0.25) is 4.90 Å². The number of aromatic nitrogens is 2. The summed E-state index contributed by atoms with van der Waals surface area (Å²) in [6.07, 6.45) is 3.62. The predicted molar refractivity (Wildman–Crippen MR) is 104 cm³/mol. The minimum Gasteiger partial charge on any atom is -0.497 e. The van der Waals surface area contributed by atoms with Gasteiger partial charge in [-0.1, -0.05) is 35.5 Å². The van der Waals surface area contributed by atoms with E-state index in [1.807, 2.05) is 24.3 Å². The van der Waals surface area contributed by atoms with Crippen molar-refractivity contribution in [2.45, 2.75) is 25.8 Å². The molecule has 27 heavy (non-hydrogen) atoms. The maximum absolute atomic E-state index is 5.44. The number of methoxy groups -OCH3 is 1. The van der Waals surface area contributed by atoms with Gasteiger partial charge in [-0.05, 0) is 68.1 Å². The first-order valence-electron chi connectivity index (χ1n) is 9.53. The van der Waals surface area contributed by atoms with Gasteiger partial charge in [-0.25, -0.2) is 0 Å². The molecule has 1 aromatic heterocycles. The van der Waals surface area contributed by atoms with Crippen LogP contribution in [0.3, 0.4) is 0 Å². The molecule has 0 saturated carbocycles. The Morgan fingerprint density at radius 3 is 2.48 bits per heavy atom. The lowest BCUT2D eigenvalue weighted by molar-refractivity contribution is 0.172. The molecule has 0 amide bonds. The summed E-state index contributed by atoms with van der Waals surface area (Å²) in [5.74, 6) is 2.90. The lowest BCUT2D eigenvalue weighted by Crippen LogP contribution is -2.34. The van der Waals surface area contributed by atoms with Crippen molar-refractivity contribution in [1.29, 1.82) is 0 Å². The average Bonchev–Trinajstić information content (AvgIpc) is 3.19. The number of benzene rings is 2. The number of hydrogen-bond acceptors (Lipinski definition) is 5. The van der Waals surface area contributed by atoms with Crippen LogP contribution < -0.4 is 4.74 Å². The van der Waals surface area contributed by atoms with Crippen molar-refractivity contribution in [2.75, 3.05) is 20.2 Å². The van der Waals surface area contributed by atoms with Crippen LogP contribution >= 0.6 is 0 Å². The molecule has 1 aliphatic rings. The Labute approximate surface area is 160 Å². The quantitative estimate of drug-likeness (QED) is 0.657. The Morgan fingerprint density at radius 1 is 1.04 bits per heavy atom. The van der Waals surface area contributed by atoms with Gasteiger partial charge in [-0.2, -0.15) is 4.98 Å². The van der Waals surface area contributed by atoms with Crippen LogP contribution in [0.4, 0.5) is 0 Å². The summed E-state index contributed by atoms with van der Waals surface area (Å²) in [5.41, 5.74) is 2.36. The molecule has 5 nitrogen and oxygen atoms in total. The molecule has 1 fully saturated rings.